The van der Waals surface area contributed by atoms with Gasteiger partial charge in [-0.25, -0.2) is 0 Å². The van der Waals surface area contributed by atoms with Gasteiger partial charge in [-0.1, -0.05) is 34.6 Å². The van der Waals surface area contributed by atoms with Gasteiger partial charge in [0.05, 0.1) is 6.10 Å². The van der Waals surface area contributed by atoms with Crippen LogP contribution in [0.5, 0.6) is 0 Å². The van der Waals surface area contributed by atoms with Crippen molar-refractivity contribution >= 4 is 0 Å². The number of hydrogen-bond acceptors (Lipinski definition) is 1. The van der Waals surface area contributed by atoms with Crippen LogP contribution in [0, 0.1) is 45.8 Å². The summed E-state index contributed by atoms with van der Waals surface area (Å²) < 4.78 is 0. The molecule has 1 unspecified atom stereocenters. The molecule has 0 radical (unpaired) electrons. The molecule has 4 saturated carbocycles. The van der Waals surface area contributed by atoms with Crippen LogP contribution >= 0.6 is 0 Å². The highest BCUT2D eigenvalue weighted by Crippen LogP contribution is 2.70. The molecule has 0 amide bonds. The molecule has 1 N–H and O–H groups in total. The van der Waals surface area contributed by atoms with Gasteiger partial charge < -0.3 is 5.11 Å². The summed E-state index contributed by atoms with van der Waals surface area (Å²) in [5.74, 6) is 4.39. The largest absolute Gasteiger partial charge is 0.393 e. The van der Waals surface area contributed by atoms with Crippen molar-refractivity contribution in [2.75, 3.05) is 0 Å². The van der Waals surface area contributed by atoms with Crippen molar-refractivity contribution in [3.63, 3.8) is 0 Å². The molecule has 1 nitrogen and oxygen atoms in total. The molecule has 0 heterocycles. The van der Waals surface area contributed by atoms with E-state index < -0.39 is 0 Å². The van der Waals surface area contributed by atoms with Gasteiger partial charge in [0, 0.05) is 0 Å². The quantitative estimate of drug-likeness (QED) is 0.611. The summed E-state index contributed by atoms with van der Waals surface area (Å²) in [4.78, 5) is 0. The van der Waals surface area contributed by atoms with E-state index in [9.17, 15) is 5.11 Å². The van der Waals surface area contributed by atoms with Gasteiger partial charge in [0.2, 0.25) is 0 Å². The molecule has 4 rings (SSSR count). The SMILES string of the molecule is CC1CC[C@@H]2CC[C@H]3[C@@H]4C[C@H](O)C[C@@]4(C)CC[C@@H]3[C@@]2(C)C1(C)C. The fraction of sp³-hybridized carbons (Fsp3) is 1.00. The van der Waals surface area contributed by atoms with Crippen molar-refractivity contribution in [3.8, 4) is 0 Å². The number of rotatable bonds is 0. The fourth-order valence-corrected chi connectivity index (χ4v) is 8.24. The third kappa shape index (κ3) is 2.01. The molecule has 0 aromatic heterocycles. The van der Waals surface area contributed by atoms with Crippen LogP contribution in [0.3, 0.4) is 0 Å². The summed E-state index contributed by atoms with van der Waals surface area (Å²) in [5.41, 5.74) is 1.42. The standard InChI is InChI=1S/C22H38O/c1-14-6-7-15-8-9-17-18(22(15,5)20(14,2)3)10-11-21(4)13-16(23)12-19(17)21/h14-19,23H,6-13H2,1-5H3/t14?,15-,16+,17-,18+,19+,21-,22+/m1/s1. The Hall–Kier alpha value is -0.0400. The second-order valence-corrected chi connectivity index (χ2v) is 10.9. The lowest BCUT2D eigenvalue weighted by Gasteiger charge is -2.67. The molecule has 1 heteroatoms. The zero-order valence-corrected chi connectivity index (χ0v) is 16.1. The predicted octanol–water partition coefficient (Wildman–Crippen LogP) is 5.66. The molecule has 4 aliphatic rings. The Morgan fingerprint density at radius 1 is 0.870 bits per heavy atom. The van der Waals surface area contributed by atoms with Gasteiger partial charge in [-0.15, -0.1) is 0 Å². The first kappa shape index (κ1) is 16.4. The van der Waals surface area contributed by atoms with Crippen molar-refractivity contribution in [1.29, 1.82) is 0 Å². The molecular formula is C22H38O. The molecule has 132 valence electrons. The van der Waals surface area contributed by atoms with Gasteiger partial charge in [-0.3, -0.25) is 0 Å². The van der Waals surface area contributed by atoms with Gasteiger partial charge in [0.1, 0.15) is 0 Å². The second-order valence-electron chi connectivity index (χ2n) is 10.9. The summed E-state index contributed by atoms with van der Waals surface area (Å²) in [7, 11) is 0. The maximum atomic E-state index is 10.4. The normalized spacial score (nSPS) is 58.2. The van der Waals surface area contributed by atoms with E-state index in [2.05, 4.69) is 34.6 Å². The first-order chi connectivity index (χ1) is 10.7. The average molecular weight is 319 g/mol. The van der Waals surface area contributed by atoms with E-state index in [0.29, 0.717) is 16.2 Å². The van der Waals surface area contributed by atoms with E-state index >= 15 is 0 Å². The molecule has 23 heavy (non-hydrogen) atoms. The molecule has 0 aromatic carbocycles. The molecule has 8 atom stereocenters. The molecular weight excluding hydrogens is 280 g/mol. The molecule has 0 saturated heterocycles. The van der Waals surface area contributed by atoms with Crippen LogP contribution in [-0.4, -0.2) is 11.2 Å². The highest BCUT2D eigenvalue weighted by atomic mass is 16.3. The van der Waals surface area contributed by atoms with Crippen LogP contribution in [-0.2, 0) is 0 Å². The molecule has 0 aliphatic heterocycles. The van der Waals surface area contributed by atoms with Gasteiger partial charge >= 0.3 is 0 Å². The highest BCUT2D eigenvalue weighted by molar-refractivity contribution is 5.12. The summed E-state index contributed by atoms with van der Waals surface area (Å²) in [6.45, 7) is 12.9. The Morgan fingerprint density at radius 3 is 2.30 bits per heavy atom. The maximum Gasteiger partial charge on any atom is 0.0548 e. The minimum Gasteiger partial charge on any atom is -0.393 e. The van der Waals surface area contributed by atoms with Crippen LogP contribution in [0.2, 0.25) is 0 Å². The van der Waals surface area contributed by atoms with Crippen LogP contribution in [0.15, 0.2) is 0 Å². The molecule has 4 fully saturated rings. The third-order valence-corrected chi connectivity index (χ3v) is 10.2. The van der Waals surface area contributed by atoms with E-state index in [0.717, 1.165) is 42.4 Å². The van der Waals surface area contributed by atoms with Crippen molar-refractivity contribution in [2.24, 2.45) is 45.8 Å². The second kappa shape index (κ2) is 4.99. The van der Waals surface area contributed by atoms with Crippen molar-refractivity contribution in [3.05, 3.63) is 0 Å². The Bertz CT molecular complexity index is 482. The number of hydrogen-bond donors (Lipinski definition) is 1. The zero-order chi connectivity index (χ0) is 16.6. The van der Waals surface area contributed by atoms with Gasteiger partial charge in [0.25, 0.3) is 0 Å². The maximum absolute atomic E-state index is 10.4. The minimum absolute atomic E-state index is 0.0208. The van der Waals surface area contributed by atoms with Crippen LogP contribution < -0.4 is 0 Å². The van der Waals surface area contributed by atoms with E-state index in [1.165, 1.54) is 38.5 Å². The zero-order valence-electron chi connectivity index (χ0n) is 16.1. The van der Waals surface area contributed by atoms with Gasteiger partial charge in [-0.05, 0) is 97.2 Å². The van der Waals surface area contributed by atoms with Crippen LogP contribution in [0.25, 0.3) is 0 Å². The lowest BCUT2D eigenvalue weighted by atomic mass is 9.38. The van der Waals surface area contributed by atoms with Gasteiger partial charge in [-0.2, -0.15) is 0 Å². The smallest absolute Gasteiger partial charge is 0.0548 e. The summed E-state index contributed by atoms with van der Waals surface area (Å²) in [5, 5.41) is 10.4. The number of fused-ring (bicyclic) bond motifs is 5. The Labute approximate surface area is 143 Å². The first-order valence-corrected chi connectivity index (χ1v) is 10.4. The predicted molar refractivity (Wildman–Crippen MR) is 96.1 cm³/mol. The molecule has 4 aliphatic carbocycles. The van der Waals surface area contributed by atoms with E-state index in [1.807, 2.05) is 0 Å². The van der Waals surface area contributed by atoms with Crippen molar-refractivity contribution < 1.29 is 5.11 Å². The van der Waals surface area contributed by atoms with Crippen molar-refractivity contribution in [1.82, 2.24) is 0 Å². The summed E-state index contributed by atoms with van der Waals surface area (Å²) in [6.07, 6.45) is 10.7. The highest BCUT2D eigenvalue weighted by Gasteiger charge is 2.63. The topological polar surface area (TPSA) is 20.2 Å². The minimum atomic E-state index is -0.0208. The molecule has 0 bridgehead atoms. The Balaban J connectivity index is 1.71. The monoisotopic (exact) mass is 318 g/mol. The summed E-state index contributed by atoms with van der Waals surface area (Å²) >= 11 is 0. The first-order valence-electron chi connectivity index (χ1n) is 10.4. The summed E-state index contributed by atoms with van der Waals surface area (Å²) in [6, 6.07) is 0. The van der Waals surface area contributed by atoms with Crippen LogP contribution in [0.1, 0.15) is 86.0 Å². The van der Waals surface area contributed by atoms with Crippen LogP contribution in [0.4, 0.5) is 0 Å². The van der Waals surface area contributed by atoms with E-state index in [1.54, 1.807) is 0 Å². The number of aliphatic hydroxyl groups excluding tert-OH is 1. The fourth-order valence-electron chi connectivity index (χ4n) is 8.24. The number of aliphatic hydroxyl groups is 1. The molecule has 0 aromatic rings. The van der Waals surface area contributed by atoms with Crippen molar-refractivity contribution in [2.45, 2.75) is 92.1 Å². The lowest BCUT2D eigenvalue weighted by Crippen LogP contribution is -2.60. The third-order valence-electron chi connectivity index (χ3n) is 10.2. The molecule has 0 spiro atoms. The van der Waals surface area contributed by atoms with E-state index in [-0.39, 0.29) is 6.10 Å². The Morgan fingerprint density at radius 2 is 1.57 bits per heavy atom. The van der Waals surface area contributed by atoms with E-state index in [4.69, 9.17) is 0 Å². The lowest BCUT2D eigenvalue weighted by molar-refractivity contribution is -0.180. The van der Waals surface area contributed by atoms with Gasteiger partial charge in [0.15, 0.2) is 0 Å². The average Bonchev–Trinajstić information content (AvgIpc) is 2.79. The Kier molecular flexibility index (Phi) is 3.57.